The number of aromatic hydroxyl groups is 2. The number of carbonyl (C=O) groups is 2. The van der Waals surface area contributed by atoms with Gasteiger partial charge in [0.25, 0.3) is 11.4 Å². The smallest absolute Gasteiger partial charge is 0.296 e. The summed E-state index contributed by atoms with van der Waals surface area (Å²) in [6.07, 6.45) is 0.167. The minimum Gasteiger partial charge on any atom is -0.507 e. The summed E-state index contributed by atoms with van der Waals surface area (Å²) in [4.78, 5) is 48.0. The van der Waals surface area contributed by atoms with Crippen LogP contribution in [0.25, 0.3) is 0 Å². The highest BCUT2D eigenvalue weighted by atomic mass is 16.6. The van der Waals surface area contributed by atoms with E-state index < -0.39 is 20.7 Å². The first-order valence-corrected chi connectivity index (χ1v) is 22.6. The molecule has 0 radical (unpaired) electrons. The van der Waals surface area contributed by atoms with Gasteiger partial charge in [0.2, 0.25) is 0 Å². The SMILES string of the molecule is CC(=O)COc1c2cc(C(C)(C)C)cc1Cc1cc(N=Nc3ccccc3[N+](=O)[O-])cc(c1O)Cc1cc(C(C)(C)C)cc(c1OCC(C)=O)Cc1cc(N=Nc3ccccc3[N+](=O)[O-])cc(c1O)C2. The van der Waals surface area contributed by atoms with Gasteiger partial charge in [-0.25, -0.2) is 0 Å². The highest BCUT2D eigenvalue weighted by Gasteiger charge is 2.27. The van der Waals surface area contributed by atoms with Crippen LogP contribution in [0.3, 0.4) is 0 Å². The zero-order valence-corrected chi connectivity index (χ0v) is 40.3. The molecule has 1 aliphatic carbocycles. The van der Waals surface area contributed by atoms with Gasteiger partial charge in [0.05, 0.1) is 21.2 Å². The molecule has 6 aromatic carbocycles. The van der Waals surface area contributed by atoms with Gasteiger partial charge in [0.1, 0.15) is 36.2 Å². The molecule has 2 N–H and O–H groups in total. The monoisotopic (exact) mass is 946 g/mol. The van der Waals surface area contributed by atoms with E-state index in [1.54, 1.807) is 36.4 Å². The lowest BCUT2D eigenvalue weighted by Crippen LogP contribution is -2.16. The Morgan fingerprint density at radius 2 is 0.814 bits per heavy atom. The number of azo groups is 2. The highest BCUT2D eigenvalue weighted by molar-refractivity contribution is 5.78. The number of benzene rings is 6. The lowest BCUT2D eigenvalue weighted by Gasteiger charge is -2.26. The molecule has 8 bridgehead atoms. The van der Waals surface area contributed by atoms with Crippen LogP contribution in [0.2, 0.25) is 0 Å². The van der Waals surface area contributed by atoms with Crippen LogP contribution in [-0.2, 0) is 46.1 Å². The zero-order valence-electron chi connectivity index (χ0n) is 40.3. The van der Waals surface area contributed by atoms with Crippen molar-refractivity contribution in [2.45, 2.75) is 91.9 Å². The number of hydrogen-bond donors (Lipinski definition) is 2. The van der Waals surface area contributed by atoms with E-state index >= 15 is 0 Å². The third-order valence-electron chi connectivity index (χ3n) is 11.8. The Hall–Kier alpha value is -8.14. The quantitative estimate of drug-likeness (QED) is 0.0668. The molecule has 0 amide bonds. The molecule has 0 saturated carbocycles. The number of phenolic OH excluding ortho intramolecular Hbond substituents is 2. The normalized spacial score (nSPS) is 12.8. The number of phenols is 2. The van der Waals surface area contributed by atoms with Crippen LogP contribution in [0.1, 0.15) is 111 Å². The lowest BCUT2D eigenvalue weighted by molar-refractivity contribution is -0.384. The number of rotatable bonds is 12. The Kier molecular flexibility index (Phi) is 14.4. The largest absolute Gasteiger partial charge is 0.507 e. The topological polar surface area (TPSA) is 229 Å². The highest BCUT2D eigenvalue weighted by Crippen LogP contribution is 2.44. The molecule has 1 aliphatic rings. The molecule has 0 atom stereocenters. The van der Waals surface area contributed by atoms with Crippen molar-refractivity contribution in [1.82, 2.24) is 0 Å². The van der Waals surface area contributed by atoms with Crippen LogP contribution >= 0.6 is 0 Å². The Morgan fingerprint density at radius 3 is 1.09 bits per heavy atom. The fourth-order valence-corrected chi connectivity index (χ4v) is 8.21. The molecule has 16 nitrogen and oxygen atoms in total. The maximum Gasteiger partial charge on any atom is 0.296 e. The van der Waals surface area contributed by atoms with Crippen molar-refractivity contribution in [3.05, 3.63) is 173 Å². The van der Waals surface area contributed by atoms with Crippen molar-refractivity contribution in [2.24, 2.45) is 20.5 Å². The van der Waals surface area contributed by atoms with Gasteiger partial charge in [0.15, 0.2) is 22.9 Å². The van der Waals surface area contributed by atoms with Gasteiger partial charge in [0, 0.05) is 60.1 Å². The number of para-hydroxylation sites is 2. The Balaban J connectivity index is 1.56. The summed E-state index contributed by atoms with van der Waals surface area (Å²) >= 11 is 0. The van der Waals surface area contributed by atoms with Gasteiger partial charge in [-0.3, -0.25) is 29.8 Å². The molecule has 0 aromatic heterocycles. The fourth-order valence-electron chi connectivity index (χ4n) is 8.21. The van der Waals surface area contributed by atoms with Crippen LogP contribution in [-0.4, -0.2) is 44.8 Å². The average Bonchev–Trinajstić information content (AvgIpc) is 3.28. The summed E-state index contributed by atoms with van der Waals surface area (Å²) in [5, 5.41) is 66.3. The molecule has 7 rings (SSSR count). The Bertz CT molecular complexity index is 2820. The van der Waals surface area contributed by atoms with E-state index in [1.807, 2.05) is 65.8 Å². The summed E-state index contributed by atoms with van der Waals surface area (Å²) in [5.41, 5.74) is 4.99. The van der Waals surface area contributed by atoms with Crippen molar-refractivity contribution in [1.29, 1.82) is 0 Å². The van der Waals surface area contributed by atoms with Gasteiger partial charge in [-0.15, -0.1) is 10.2 Å². The van der Waals surface area contributed by atoms with Crippen molar-refractivity contribution >= 4 is 45.7 Å². The predicted molar refractivity (Wildman–Crippen MR) is 265 cm³/mol. The van der Waals surface area contributed by atoms with Crippen molar-refractivity contribution in [2.75, 3.05) is 13.2 Å². The number of ether oxygens (including phenoxy) is 2. The second-order valence-electron chi connectivity index (χ2n) is 19.6. The van der Waals surface area contributed by atoms with E-state index in [4.69, 9.17) is 9.47 Å². The zero-order chi connectivity index (χ0) is 50.7. The lowest BCUT2D eigenvalue weighted by atomic mass is 9.81. The van der Waals surface area contributed by atoms with E-state index in [0.29, 0.717) is 56.0 Å². The number of fused-ring (bicyclic) bond motifs is 8. The molecule has 360 valence electrons. The first kappa shape index (κ1) is 49.8. The second kappa shape index (κ2) is 20.2. The van der Waals surface area contributed by atoms with Crippen molar-refractivity contribution in [3.63, 3.8) is 0 Å². The summed E-state index contributed by atoms with van der Waals surface area (Å²) in [5.74, 6) is 0.0414. The number of ketones is 2. The molecule has 0 heterocycles. The maximum atomic E-state index is 12.6. The standard InChI is InChI=1S/C54H54N6O10/c1-31(61)29-69-51-37-17-33-25-43(55-57-45-13-9-11-15-47(45)59(65)66)27-35(49(33)63)19-39-23-42(54(6,7)8)24-40(52(39)70-30-32(2)62)20-36-28-44(56-58-46-14-10-12-16-48(46)60(67)68)26-34(50(36)64)18-38(51)22-41(21-37)53(3,4)5/h9-16,21-28,63-64H,17-20,29-30H2,1-8H3. The molecule has 0 fully saturated rings. The third-order valence-corrected chi connectivity index (χ3v) is 11.8. The molecule has 16 heteroatoms. The molecule has 0 aliphatic heterocycles. The first-order chi connectivity index (χ1) is 33.0. The molecule has 0 spiro atoms. The second-order valence-corrected chi connectivity index (χ2v) is 19.6. The van der Waals surface area contributed by atoms with Gasteiger partial charge < -0.3 is 19.7 Å². The van der Waals surface area contributed by atoms with Gasteiger partial charge >= 0.3 is 0 Å². The van der Waals surface area contributed by atoms with E-state index in [9.17, 15) is 40.0 Å². The predicted octanol–water partition coefficient (Wildman–Crippen LogP) is 13.0. The van der Waals surface area contributed by atoms with Crippen LogP contribution in [0, 0.1) is 20.2 Å². The minimum atomic E-state index is -0.541. The van der Waals surface area contributed by atoms with Gasteiger partial charge in [-0.1, -0.05) is 90.1 Å². The van der Waals surface area contributed by atoms with Crippen LogP contribution in [0.15, 0.2) is 118 Å². The maximum absolute atomic E-state index is 12.6. The van der Waals surface area contributed by atoms with E-state index in [1.165, 1.54) is 50.2 Å². The first-order valence-electron chi connectivity index (χ1n) is 22.6. The van der Waals surface area contributed by atoms with Crippen molar-refractivity contribution < 1.29 is 39.1 Å². The Labute approximate surface area is 405 Å². The summed E-state index contributed by atoms with van der Waals surface area (Å²) in [6, 6.07) is 26.4. The number of nitro benzene ring substituents is 2. The molecule has 0 saturated heterocycles. The van der Waals surface area contributed by atoms with Crippen LogP contribution in [0.5, 0.6) is 23.0 Å². The van der Waals surface area contributed by atoms with E-state index in [2.05, 4.69) is 20.5 Å². The molecule has 6 aromatic rings. The number of hydrogen-bond acceptors (Lipinski definition) is 14. The number of carbonyl (C=O) groups excluding carboxylic acids is 2. The molecular weight excluding hydrogens is 893 g/mol. The average molecular weight is 947 g/mol. The summed E-state index contributed by atoms with van der Waals surface area (Å²) in [7, 11) is 0. The number of Topliss-reactive ketones (excluding diaryl/α,β-unsaturated/α-hetero) is 2. The van der Waals surface area contributed by atoms with E-state index in [0.717, 1.165) is 11.1 Å². The Morgan fingerprint density at radius 1 is 0.514 bits per heavy atom. The fraction of sp³-hybridized carbons (Fsp3) is 0.296. The van der Waals surface area contributed by atoms with Crippen LogP contribution in [0.4, 0.5) is 34.1 Å². The number of nitro groups is 2. The third kappa shape index (κ3) is 11.6. The van der Waals surface area contributed by atoms with Crippen LogP contribution < -0.4 is 9.47 Å². The minimum absolute atomic E-state index is 0.0282. The van der Waals surface area contributed by atoms with Crippen molar-refractivity contribution in [3.8, 4) is 23.0 Å². The van der Waals surface area contributed by atoms with Gasteiger partial charge in [-0.2, -0.15) is 10.2 Å². The molecule has 70 heavy (non-hydrogen) atoms. The number of nitrogens with zero attached hydrogens (tertiary/aromatic N) is 6. The summed E-state index contributed by atoms with van der Waals surface area (Å²) in [6.45, 7) is 14.5. The van der Waals surface area contributed by atoms with E-state index in [-0.39, 0.29) is 96.1 Å². The van der Waals surface area contributed by atoms with Gasteiger partial charge in [-0.05, 0) is 94.5 Å². The summed E-state index contributed by atoms with van der Waals surface area (Å²) < 4.78 is 12.8. The molecular formula is C54H54N6O10. The molecule has 0 unspecified atom stereocenters.